The first-order valence-electron chi connectivity index (χ1n) is 8.06. The molecule has 0 atom stereocenters. The second kappa shape index (κ2) is 8.31. The first-order chi connectivity index (χ1) is 13.5. The quantitative estimate of drug-likeness (QED) is 0.433. The van der Waals surface area contributed by atoms with E-state index in [9.17, 15) is 19.7 Å². The van der Waals surface area contributed by atoms with Gasteiger partial charge in [-0.25, -0.2) is 4.98 Å². The molecule has 1 heterocycles. The number of carbonyl (C=O) groups is 2. The zero-order valence-corrected chi connectivity index (χ0v) is 15.1. The van der Waals surface area contributed by atoms with E-state index in [2.05, 4.69) is 20.6 Å². The Morgan fingerprint density at radius 1 is 1.18 bits per heavy atom. The molecule has 0 aliphatic carbocycles. The van der Waals surface area contributed by atoms with E-state index in [1.807, 2.05) is 0 Å². The van der Waals surface area contributed by atoms with Gasteiger partial charge in [-0.3, -0.25) is 19.7 Å². The van der Waals surface area contributed by atoms with Gasteiger partial charge < -0.3 is 15.6 Å². The third kappa shape index (κ3) is 4.33. The molecule has 0 saturated heterocycles. The number of anilines is 1. The maximum absolute atomic E-state index is 12.2. The number of nitro groups is 1. The lowest BCUT2D eigenvalue weighted by atomic mass is 10.1. The number of halogens is 1. The van der Waals surface area contributed by atoms with Crippen LogP contribution in [0.4, 0.5) is 11.4 Å². The zero-order chi connectivity index (χ0) is 20.1. The molecular formula is C18H14ClN5O4. The van der Waals surface area contributed by atoms with Crippen LogP contribution in [0.5, 0.6) is 0 Å². The minimum absolute atomic E-state index is 0.0689. The molecule has 0 aliphatic rings. The summed E-state index contributed by atoms with van der Waals surface area (Å²) < 4.78 is 0. The predicted octanol–water partition coefficient (Wildman–Crippen LogP) is 3.01. The van der Waals surface area contributed by atoms with Gasteiger partial charge in [-0.05, 0) is 30.3 Å². The third-order valence-electron chi connectivity index (χ3n) is 3.77. The maximum Gasteiger partial charge on any atom is 0.283 e. The third-order valence-corrected chi connectivity index (χ3v) is 4.08. The molecule has 0 bridgehead atoms. The van der Waals surface area contributed by atoms with Crippen molar-refractivity contribution in [2.45, 2.75) is 0 Å². The number of nitrogens with one attached hydrogen (secondary N) is 3. The summed E-state index contributed by atoms with van der Waals surface area (Å²) in [6, 6.07) is 10.8. The largest absolute Gasteiger partial charge is 0.345 e. The number of amides is 2. The number of aromatic nitrogens is 2. The van der Waals surface area contributed by atoms with Crippen molar-refractivity contribution in [1.82, 2.24) is 15.3 Å². The lowest BCUT2D eigenvalue weighted by molar-refractivity contribution is -0.385. The summed E-state index contributed by atoms with van der Waals surface area (Å²) in [5.41, 5.74) is 0.657. The fourth-order valence-electron chi connectivity index (χ4n) is 2.48. The highest BCUT2D eigenvalue weighted by atomic mass is 35.5. The number of aromatic amines is 1. The molecule has 0 radical (unpaired) electrons. The van der Waals surface area contributed by atoms with Gasteiger partial charge in [0.25, 0.3) is 11.6 Å². The number of carbonyl (C=O) groups excluding carboxylic acids is 2. The minimum Gasteiger partial charge on any atom is -0.345 e. The van der Waals surface area contributed by atoms with E-state index in [-0.39, 0.29) is 17.1 Å². The molecule has 3 N–H and O–H groups in total. The van der Waals surface area contributed by atoms with E-state index in [0.717, 1.165) is 5.56 Å². The average Bonchev–Trinajstić information content (AvgIpc) is 3.21. The molecule has 9 nitrogen and oxygen atoms in total. The Bertz CT molecular complexity index is 1020. The summed E-state index contributed by atoms with van der Waals surface area (Å²) in [5, 5.41) is 15.9. The standard InChI is InChI=1S/C18H14ClN5O4/c19-13-2-1-3-14(24(27)28)16(13)18(26)22-10-15(25)23-12-6-4-11(5-7-12)17-20-8-9-21-17/h1-9H,10H2,(H,20,21)(H,22,26)(H,23,25). The number of imidazole rings is 1. The molecular weight excluding hydrogens is 386 g/mol. The molecule has 10 heteroatoms. The van der Waals surface area contributed by atoms with Gasteiger partial charge in [0.1, 0.15) is 11.4 Å². The zero-order valence-electron chi connectivity index (χ0n) is 14.3. The highest BCUT2D eigenvalue weighted by molar-refractivity contribution is 6.34. The topological polar surface area (TPSA) is 130 Å². The van der Waals surface area contributed by atoms with Crippen LogP contribution in [-0.2, 0) is 4.79 Å². The van der Waals surface area contributed by atoms with Crippen LogP contribution in [0.3, 0.4) is 0 Å². The molecule has 3 rings (SSSR count). The summed E-state index contributed by atoms with van der Waals surface area (Å²) in [6.45, 7) is -0.374. The van der Waals surface area contributed by atoms with Gasteiger partial charge in [-0.1, -0.05) is 17.7 Å². The summed E-state index contributed by atoms with van der Waals surface area (Å²) in [5.74, 6) is -0.596. The van der Waals surface area contributed by atoms with E-state index in [1.165, 1.54) is 18.2 Å². The van der Waals surface area contributed by atoms with Crippen LogP contribution in [0.2, 0.25) is 5.02 Å². The van der Waals surface area contributed by atoms with Crippen molar-refractivity contribution in [2.75, 3.05) is 11.9 Å². The SMILES string of the molecule is O=C(CNC(=O)c1c(Cl)cccc1[N+](=O)[O-])Nc1ccc(-c2ncc[nH]2)cc1. The van der Waals surface area contributed by atoms with Gasteiger partial charge in [0.05, 0.1) is 16.5 Å². The number of hydrogen-bond donors (Lipinski definition) is 3. The number of rotatable bonds is 6. The second-order valence-electron chi connectivity index (χ2n) is 5.64. The van der Waals surface area contributed by atoms with Crippen LogP contribution < -0.4 is 10.6 Å². The van der Waals surface area contributed by atoms with E-state index >= 15 is 0 Å². The van der Waals surface area contributed by atoms with Crippen molar-refractivity contribution >= 4 is 34.8 Å². The summed E-state index contributed by atoms with van der Waals surface area (Å²) in [7, 11) is 0. The number of H-pyrrole nitrogens is 1. The van der Waals surface area contributed by atoms with Crippen molar-refractivity contribution in [1.29, 1.82) is 0 Å². The number of hydrogen-bond acceptors (Lipinski definition) is 5. The maximum atomic E-state index is 12.2. The van der Waals surface area contributed by atoms with Crippen LogP contribution in [0, 0.1) is 10.1 Å². The van der Waals surface area contributed by atoms with Crippen LogP contribution in [0.25, 0.3) is 11.4 Å². The van der Waals surface area contributed by atoms with E-state index in [4.69, 9.17) is 11.6 Å². The van der Waals surface area contributed by atoms with E-state index in [0.29, 0.717) is 11.5 Å². The fourth-order valence-corrected chi connectivity index (χ4v) is 2.73. The highest BCUT2D eigenvalue weighted by Crippen LogP contribution is 2.26. The Labute approximate surface area is 163 Å². The molecule has 1 aromatic heterocycles. The summed E-state index contributed by atoms with van der Waals surface area (Å²) >= 11 is 5.90. The molecule has 2 aromatic carbocycles. The predicted molar refractivity (Wildman–Crippen MR) is 103 cm³/mol. The number of nitrogens with zero attached hydrogens (tertiary/aromatic N) is 2. The highest BCUT2D eigenvalue weighted by Gasteiger charge is 2.23. The Balaban J connectivity index is 1.60. The van der Waals surface area contributed by atoms with Crippen LogP contribution in [-0.4, -0.2) is 33.3 Å². The van der Waals surface area contributed by atoms with Crippen molar-refractivity contribution < 1.29 is 14.5 Å². The molecule has 142 valence electrons. The molecule has 2 amide bonds. The monoisotopic (exact) mass is 399 g/mol. The normalized spacial score (nSPS) is 10.3. The molecule has 28 heavy (non-hydrogen) atoms. The van der Waals surface area contributed by atoms with Gasteiger partial charge in [-0.2, -0.15) is 0 Å². The van der Waals surface area contributed by atoms with Gasteiger partial charge in [0.2, 0.25) is 5.91 Å². The van der Waals surface area contributed by atoms with Gasteiger partial charge in [0, 0.05) is 29.7 Å². The van der Waals surface area contributed by atoms with Crippen molar-refractivity contribution in [3.05, 3.63) is 75.6 Å². The summed E-state index contributed by atoms with van der Waals surface area (Å²) in [4.78, 5) is 41.7. The van der Waals surface area contributed by atoms with Crippen molar-refractivity contribution in [2.24, 2.45) is 0 Å². The Morgan fingerprint density at radius 3 is 2.57 bits per heavy atom. The number of benzene rings is 2. The van der Waals surface area contributed by atoms with Gasteiger partial charge >= 0.3 is 0 Å². The Kier molecular flexibility index (Phi) is 5.66. The molecule has 0 saturated carbocycles. The van der Waals surface area contributed by atoms with Gasteiger partial charge in [0.15, 0.2) is 0 Å². The molecule has 0 fully saturated rings. The Hall–Kier alpha value is -3.72. The van der Waals surface area contributed by atoms with E-state index in [1.54, 1.807) is 36.7 Å². The number of nitro benzene ring substituents is 1. The van der Waals surface area contributed by atoms with Crippen LogP contribution >= 0.6 is 11.6 Å². The molecule has 0 unspecified atom stereocenters. The van der Waals surface area contributed by atoms with Crippen molar-refractivity contribution in [3.8, 4) is 11.4 Å². The first kappa shape index (κ1) is 19.1. The smallest absolute Gasteiger partial charge is 0.283 e. The Morgan fingerprint density at radius 2 is 1.93 bits per heavy atom. The summed E-state index contributed by atoms with van der Waals surface area (Å²) in [6.07, 6.45) is 3.34. The van der Waals surface area contributed by atoms with E-state index < -0.39 is 22.4 Å². The van der Waals surface area contributed by atoms with Gasteiger partial charge in [-0.15, -0.1) is 0 Å². The molecule has 0 spiro atoms. The lowest BCUT2D eigenvalue weighted by Gasteiger charge is -2.09. The fraction of sp³-hybridized carbons (Fsp3) is 0.0556. The van der Waals surface area contributed by atoms with Crippen LogP contribution in [0.1, 0.15) is 10.4 Å². The van der Waals surface area contributed by atoms with Crippen LogP contribution in [0.15, 0.2) is 54.9 Å². The lowest BCUT2D eigenvalue weighted by Crippen LogP contribution is -2.33. The van der Waals surface area contributed by atoms with Crippen molar-refractivity contribution in [3.63, 3.8) is 0 Å². The average molecular weight is 400 g/mol. The minimum atomic E-state index is -0.805. The molecule has 0 aliphatic heterocycles. The first-order valence-corrected chi connectivity index (χ1v) is 8.44. The second-order valence-corrected chi connectivity index (χ2v) is 6.04. The molecule has 3 aromatic rings.